The van der Waals surface area contributed by atoms with E-state index in [9.17, 15) is 4.79 Å². The van der Waals surface area contributed by atoms with Crippen LogP contribution >= 0.6 is 0 Å². The zero-order valence-corrected chi connectivity index (χ0v) is 13.5. The fourth-order valence-electron chi connectivity index (χ4n) is 2.24. The lowest BCUT2D eigenvalue weighted by atomic mass is 9.89. The molecule has 0 saturated carbocycles. The van der Waals surface area contributed by atoms with Gasteiger partial charge in [0.1, 0.15) is 5.54 Å². The molecular weight excluding hydrogens is 250 g/mol. The molecule has 3 heteroatoms. The third-order valence-electron chi connectivity index (χ3n) is 3.35. The van der Waals surface area contributed by atoms with Crippen LogP contribution in [0.2, 0.25) is 0 Å². The van der Waals surface area contributed by atoms with Crippen molar-refractivity contribution in [2.75, 3.05) is 13.2 Å². The Kier molecular flexibility index (Phi) is 5.75. The molecule has 0 aliphatic carbocycles. The quantitative estimate of drug-likeness (QED) is 0.811. The minimum atomic E-state index is -0.795. The molecule has 0 bridgehead atoms. The lowest BCUT2D eigenvalue weighted by Gasteiger charge is -2.30. The molecule has 0 aliphatic rings. The number of nitrogens with one attached hydrogen (secondary N) is 1. The standard InChI is InChI=1S/C17H27NO2/c1-7-20-16(19)17(6,18-11-12(2)3)15-9-13(4)8-14(5)10-15/h8-10,12,18H,7,11H2,1-6H3. The van der Waals surface area contributed by atoms with Crippen molar-refractivity contribution in [1.82, 2.24) is 5.32 Å². The van der Waals surface area contributed by atoms with Crippen molar-refractivity contribution in [3.05, 3.63) is 34.9 Å². The van der Waals surface area contributed by atoms with Crippen molar-refractivity contribution in [3.8, 4) is 0 Å². The molecular formula is C17H27NO2. The van der Waals surface area contributed by atoms with E-state index in [0.717, 1.165) is 23.2 Å². The van der Waals surface area contributed by atoms with E-state index in [1.807, 2.05) is 27.7 Å². The molecule has 0 saturated heterocycles. The average Bonchev–Trinajstić information content (AvgIpc) is 2.34. The number of hydrogen-bond acceptors (Lipinski definition) is 3. The first-order valence-electron chi connectivity index (χ1n) is 7.30. The number of ether oxygens (including phenoxy) is 1. The summed E-state index contributed by atoms with van der Waals surface area (Å²) in [7, 11) is 0. The highest BCUT2D eigenvalue weighted by Gasteiger charge is 2.36. The van der Waals surface area contributed by atoms with Crippen molar-refractivity contribution in [2.24, 2.45) is 5.92 Å². The Hall–Kier alpha value is -1.35. The summed E-state index contributed by atoms with van der Waals surface area (Å²) in [5.74, 6) is 0.250. The Bertz CT molecular complexity index is 448. The minimum absolute atomic E-state index is 0.217. The van der Waals surface area contributed by atoms with Gasteiger partial charge in [-0.05, 0) is 45.7 Å². The Balaban J connectivity index is 3.17. The smallest absolute Gasteiger partial charge is 0.330 e. The molecule has 0 fully saturated rings. The molecule has 0 heterocycles. The van der Waals surface area contributed by atoms with Gasteiger partial charge in [0.05, 0.1) is 6.61 Å². The van der Waals surface area contributed by atoms with Crippen LogP contribution in [-0.4, -0.2) is 19.1 Å². The predicted octanol–water partition coefficient (Wildman–Crippen LogP) is 3.33. The maximum Gasteiger partial charge on any atom is 0.330 e. The first kappa shape index (κ1) is 16.7. The van der Waals surface area contributed by atoms with Gasteiger partial charge >= 0.3 is 5.97 Å². The van der Waals surface area contributed by atoms with Crippen LogP contribution in [0.5, 0.6) is 0 Å². The number of rotatable bonds is 6. The molecule has 1 unspecified atom stereocenters. The largest absolute Gasteiger partial charge is 0.464 e. The maximum atomic E-state index is 12.4. The lowest BCUT2D eigenvalue weighted by Crippen LogP contribution is -2.49. The van der Waals surface area contributed by atoms with Crippen molar-refractivity contribution in [3.63, 3.8) is 0 Å². The highest BCUT2D eigenvalue weighted by Crippen LogP contribution is 2.25. The Labute approximate surface area is 122 Å². The van der Waals surface area contributed by atoms with E-state index >= 15 is 0 Å². The average molecular weight is 277 g/mol. The van der Waals surface area contributed by atoms with Gasteiger partial charge in [0, 0.05) is 0 Å². The number of carbonyl (C=O) groups excluding carboxylic acids is 1. The minimum Gasteiger partial charge on any atom is -0.464 e. The second-order valence-corrected chi connectivity index (χ2v) is 6.00. The monoisotopic (exact) mass is 277 g/mol. The van der Waals surface area contributed by atoms with Crippen LogP contribution < -0.4 is 5.32 Å². The first-order valence-corrected chi connectivity index (χ1v) is 7.30. The molecule has 1 aromatic rings. The van der Waals surface area contributed by atoms with Crippen molar-refractivity contribution < 1.29 is 9.53 Å². The normalized spacial score (nSPS) is 14.2. The Morgan fingerprint density at radius 3 is 2.25 bits per heavy atom. The number of hydrogen-bond donors (Lipinski definition) is 1. The highest BCUT2D eigenvalue weighted by molar-refractivity contribution is 5.82. The van der Waals surface area contributed by atoms with Gasteiger partial charge in [0.15, 0.2) is 0 Å². The topological polar surface area (TPSA) is 38.3 Å². The summed E-state index contributed by atoms with van der Waals surface area (Å²) in [6.07, 6.45) is 0. The molecule has 1 N–H and O–H groups in total. The second-order valence-electron chi connectivity index (χ2n) is 6.00. The number of esters is 1. The summed E-state index contributed by atoms with van der Waals surface area (Å²) in [6, 6.07) is 6.21. The molecule has 0 aromatic heterocycles. The van der Waals surface area contributed by atoms with E-state index in [4.69, 9.17) is 4.74 Å². The molecule has 1 aromatic carbocycles. The number of aryl methyl sites for hydroxylation is 2. The van der Waals surface area contributed by atoms with E-state index in [2.05, 4.69) is 37.4 Å². The zero-order valence-electron chi connectivity index (χ0n) is 13.5. The second kappa shape index (κ2) is 6.89. The lowest BCUT2D eigenvalue weighted by molar-refractivity contribution is -0.151. The van der Waals surface area contributed by atoms with E-state index in [-0.39, 0.29) is 5.97 Å². The maximum absolute atomic E-state index is 12.4. The third kappa shape index (κ3) is 4.07. The van der Waals surface area contributed by atoms with Crippen LogP contribution in [0.25, 0.3) is 0 Å². The molecule has 0 radical (unpaired) electrons. The Morgan fingerprint density at radius 1 is 1.25 bits per heavy atom. The van der Waals surface area contributed by atoms with Crippen molar-refractivity contribution >= 4 is 5.97 Å². The van der Waals surface area contributed by atoms with Gasteiger partial charge in [-0.3, -0.25) is 5.32 Å². The fraction of sp³-hybridized carbons (Fsp3) is 0.588. The third-order valence-corrected chi connectivity index (χ3v) is 3.35. The van der Waals surface area contributed by atoms with Crippen LogP contribution in [-0.2, 0) is 15.1 Å². The predicted molar refractivity (Wildman–Crippen MR) is 82.7 cm³/mol. The van der Waals surface area contributed by atoms with Gasteiger partial charge in [-0.2, -0.15) is 0 Å². The van der Waals surface area contributed by atoms with Crippen LogP contribution in [0, 0.1) is 19.8 Å². The van der Waals surface area contributed by atoms with Crippen LogP contribution in [0.3, 0.4) is 0 Å². The van der Waals surface area contributed by atoms with E-state index in [1.165, 1.54) is 0 Å². The number of benzene rings is 1. The summed E-state index contributed by atoms with van der Waals surface area (Å²) in [5, 5.41) is 3.38. The summed E-state index contributed by atoms with van der Waals surface area (Å²) in [5.41, 5.74) is 2.48. The molecule has 0 spiro atoms. The molecule has 0 aliphatic heterocycles. The van der Waals surface area contributed by atoms with Gasteiger partial charge in [-0.15, -0.1) is 0 Å². The van der Waals surface area contributed by atoms with Crippen LogP contribution in [0.1, 0.15) is 44.4 Å². The summed E-state index contributed by atoms with van der Waals surface area (Å²) < 4.78 is 5.27. The molecule has 3 nitrogen and oxygen atoms in total. The van der Waals surface area contributed by atoms with E-state index in [0.29, 0.717) is 12.5 Å². The fourth-order valence-corrected chi connectivity index (χ4v) is 2.24. The molecule has 1 atom stereocenters. The summed E-state index contributed by atoms with van der Waals surface area (Å²) in [4.78, 5) is 12.4. The number of carbonyl (C=O) groups is 1. The van der Waals surface area contributed by atoms with E-state index in [1.54, 1.807) is 0 Å². The molecule has 20 heavy (non-hydrogen) atoms. The Morgan fingerprint density at radius 2 is 1.80 bits per heavy atom. The van der Waals surface area contributed by atoms with Gasteiger partial charge in [-0.1, -0.05) is 43.2 Å². The summed E-state index contributed by atoms with van der Waals surface area (Å²) >= 11 is 0. The molecule has 0 amide bonds. The van der Waals surface area contributed by atoms with Crippen molar-refractivity contribution in [2.45, 2.75) is 47.1 Å². The van der Waals surface area contributed by atoms with E-state index < -0.39 is 5.54 Å². The van der Waals surface area contributed by atoms with Gasteiger partial charge in [0.2, 0.25) is 0 Å². The van der Waals surface area contributed by atoms with Gasteiger partial charge < -0.3 is 4.74 Å². The first-order chi connectivity index (χ1) is 9.29. The molecule has 112 valence electrons. The van der Waals surface area contributed by atoms with Crippen LogP contribution in [0.15, 0.2) is 18.2 Å². The molecule has 1 rings (SSSR count). The SMILES string of the molecule is CCOC(=O)C(C)(NCC(C)C)c1cc(C)cc(C)c1. The zero-order chi connectivity index (χ0) is 15.3. The highest BCUT2D eigenvalue weighted by atomic mass is 16.5. The van der Waals surface area contributed by atoms with Gasteiger partial charge in [-0.25, -0.2) is 4.79 Å². The summed E-state index contributed by atoms with van der Waals surface area (Å²) in [6.45, 7) is 13.2. The van der Waals surface area contributed by atoms with Crippen molar-refractivity contribution in [1.29, 1.82) is 0 Å². The van der Waals surface area contributed by atoms with Crippen LogP contribution in [0.4, 0.5) is 0 Å². The van der Waals surface area contributed by atoms with Gasteiger partial charge in [0.25, 0.3) is 0 Å².